The van der Waals surface area contributed by atoms with Crippen molar-refractivity contribution in [2.24, 2.45) is 0 Å². The molecule has 2 aromatic rings. The van der Waals surface area contributed by atoms with Crippen LogP contribution in [0, 0.1) is 17.0 Å². The van der Waals surface area contributed by atoms with Crippen molar-refractivity contribution in [2.45, 2.75) is 30.7 Å². The van der Waals surface area contributed by atoms with Crippen LogP contribution >= 0.6 is 0 Å². The molecule has 0 saturated heterocycles. The minimum atomic E-state index is -4.26. The number of hydrogen-bond acceptors (Lipinski definition) is 5. The second-order valence-corrected chi connectivity index (χ2v) is 7.70. The number of sulfonamides is 1. The van der Waals surface area contributed by atoms with Crippen LogP contribution in [-0.4, -0.2) is 25.3 Å². The molecule has 1 aliphatic carbocycles. The molecule has 0 aliphatic heterocycles. The van der Waals surface area contributed by atoms with Gasteiger partial charge in [-0.1, -0.05) is 24.3 Å². The number of carbonyl (C=O) groups is 1. The van der Waals surface area contributed by atoms with E-state index in [-0.39, 0.29) is 28.8 Å². The normalized spacial score (nSPS) is 13.9. The molecule has 0 heterocycles. The highest BCUT2D eigenvalue weighted by Gasteiger charge is 2.30. The lowest BCUT2D eigenvalue weighted by molar-refractivity contribution is -0.387. The van der Waals surface area contributed by atoms with Crippen molar-refractivity contribution >= 4 is 27.3 Å². The standard InChI is InChI=1S/C17H17N3O5S/c1-11-5-4-8-15(20(22)23)16(11)26(24,25)19-14-7-3-2-6-13(14)17(21)18-12-9-10-12/h2-8,12,19H,9-10H2,1H3,(H,18,21). The number of amides is 1. The summed E-state index contributed by atoms with van der Waals surface area (Å²) in [5.41, 5.74) is -0.0357. The number of hydrogen-bond donors (Lipinski definition) is 2. The number of nitrogens with zero attached hydrogens (tertiary/aromatic N) is 1. The fourth-order valence-electron chi connectivity index (χ4n) is 2.59. The van der Waals surface area contributed by atoms with Crippen molar-refractivity contribution in [3.8, 4) is 0 Å². The maximum absolute atomic E-state index is 12.8. The predicted molar refractivity (Wildman–Crippen MR) is 95.6 cm³/mol. The molecule has 26 heavy (non-hydrogen) atoms. The first-order valence-electron chi connectivity index (χ1n) is 7.96. The zero-order valence-corrected chi connectivity index (χ0v) is 14.7. The Balaban J connectivity index is 1.99. The van der Waals surface area contributed by atoms with Crippen molar-refractivity contribution < 1.29 is 18.1 Å². The van der Waals surface area contributed by atoms with Gasteiger partial charge in [0.25, 0.3) is 21.6 Å². The molecule has 136 valence electrons. The molecular formula is C17H17N3O5S. The number of nitro benzene ring substituents is 1. The first-order valence-corrected chi connectivity index (χ1v) is 9.44. The summed E-state index contributed by atoms with van der Waals surface area (Å²) >= 11 is 0. The smallest absolute Gasteiger partial charge is 0.290 e. The van der Waals surface area contributed by atoms with Crippen LogP contribution in [0.4, 0.5) is 11.4 Å². The third-order valence-electron chi connectivity index (χ3n) is 3.99. The molecule has 3 rings (SSSR count). The Morgan fingerprint density at radius 1 is 1.15 bits per heavy atom. The zero-order valence-electron chi connectivity index (χ0n) is 13.9. The average Bonchev–Trinajstić information content (AvgIpc) is 3.38. The second kappa shape index (κ2) is 6.75. The van der Waals surface area contributed by atoms with E-state index in [0.29, 0.717) is 0 Å². The number of rotatable bonds is 6. The summed E-state index contributed by atoms with van der Waals surface area (Å²) in [6.45, 7) is 1.48. The molecule has 1 amide bonds. The first kappa shape index (κ1) is 17.9. The zero-order chi connectivity index (χ0) is 18.9. The van der Waals surface area contributed by atoms with E-state index in [2.05, 4.69) is 10.0 Å². The van der Waals surface area contributed by atoms with Gasteiger partial charge < -0.3 is 5.32 Å². The van der Waals surface area contributed by atoms with Gasteiger partial charge in [-0.05, 0) is 37.5 Å². The quantitative estimate of drug-likeness (QED) is 0.594. The minimum Gasteiger partial charge on any atom is -0.349 e. The Labute approximate surface area is 150 Å². The van der Waals surface area contributed by atoms with E-state index in [1.54, 1.807) is 12.1 Å². The molecule has 0 radical (unpaired) electrons. The number of anilines is 1. The Hall–Kier alpha value is -2.94. The van der Waals surface area contributed by atoms with Crippen molar-refractivity contribution in [3.63, 3.8) is 0 Å². The van der Waals surface area contributed by atoms with E-state index in [0.717, 1.165) is 18.9 Å². The van der Waals surface area contributed by atoms with Crippen molar-refractivity contribution in [3.05, 3.63) is 63.7 Å². The Morgan fingerprint density at radius 3 is 2.50 bits per heavy atom. The van der Waals surface area contributed by atoms with Gasteiger partial charge in [0.15, 0.2) is 4.90 Å². The maximum atomic E-state index is 12.8. The van der Waals surface area contributed by atoms with Gasteiger partial charge >= 0.3 is 0 Å². The van der Waals surface area contributed by atoms with E-state index in [1.165, 1.54) is 31.2 Å². The lowest BCUT2D eigenvalue weighted by Gasteiger charge is -2.14. The highest BCUT2D eigenvalue weighted by molar-refractivity contribution is 7.93. The summed E-state index contributed by atoms with van der Waals surface area (Å²) in [5.74, 6) is -0.384. The molecule has 0 bridgehead atoms. The molecule has 0 atom stereocenters. The van der Waals surface area contributed by atoms with Gasteiger partial charge in [-0.3, -0.25) is 19.6 Å². The van der Waals surface area contributed by atoms with Crippen LogP contribution in [-0.2, 0) is 10.0 Å². The molecule has 0 spiro atoms. The van der Waals surface area contributed by atoms with E-state index in [9.17, 15) is 23.3 Å². The molecule has 2 aromatic carbocycles. The van der Waals surface area contributed by atoms with Crippen LogP contribution in [0.1, 0.15) is 28.8 Å². The van der Waals surface area contributed by atoms with Crippen LogP contribution in [0.3, 0.4) is 0 Å². The summed E-state index contributed by atoms with van der Waals surface area (Å²) in [6.07, 6.45) is 1.80. The highest BCUT2D eigenvalue weighted by atomic mass is 32.2. The van der Waals surface area contributed by atoms with Gasteiger partial charge in [-0.2, -0.15) is 0 Å². The Bertz CT molecular complexity index is 984. The number of nitro groups is 1. The van der Waals surface area contributed by atoms with E-state index in [4.69, 9.17) is 0 Å². The fraction of sp³-hybridized carbons (Fsp3) is 0.235. The van der Waals surface area contributed by atoms with Gasteiger partial charge in [-0.15, -0.1) is 0 Å². The largest absolute Gasteiger partial charge is 0.349 e. The molecule has 0 aromatic heterocycles. The number of benzene rings is 2. The van der Waals surface area contributed by atoms with Crippen LogP contribution in [0.2, 0.25) is 0 Å². The average molecular weight is 375 g/mol. The van der Waals surface area contributed by atoms with E-state index in [1.807, 2.05) is 0 Å². The first-order chi connectivity index (χ1) is 12.3. The van der Waals surface area contributed by atoms with Crippen molar-refractivity contribution in [1.29, 1.82) is 0 Å². The van der Waals surface area contributed by atoms with Crippen LogP contribution < -0.4 is 10.0 Å². The molecule has 8 nitrogen and oxygen atoms in total. The Kier molecular flexibility index (Phi) is 4.64. The molecular weight excluding hydrogens is 358 g/mol. The molecule has 1 saturated carbocycles. The highest BCUT2D eigenvalue weighted by Crippen LogP contribution is 2.30. The summed E-state index contributed by atoms with van der Waals surface area (Å²) in [7, 11) is -4.26. The topological polar surface area (TPSA) is 118 Å². The molecule has 2 N–H and O–H groups in total. The van der Waals surface area contributed by atoms with Gasteiger partial charge in [0.2, 0.25) is 0 Å². The second-order valence-electron chi connectivity index (χ2n) is 6.08. The number of para-hydroxylation sites is 1. The van der Waals surface area contributed by atoms with Gasteiger partial charge in [0.05, 0.1) is 16.2 Å². The summed E-state index contributed by atoms with van der Waals surface area (Å²) in [4.78, 5) is 22.4. The maximum Gasteiger partial charge on any atom is 0.290 e. The summed E-state index contributed by atoms with van der Waals surface area (Å²) < 4.78 is 27.9. The molecule has 0 unspecified atom stereocenters. The van der Waals surface area contributed by atoms with Gasteiger partial charge in [0.1, 0.15) is 0 Å². The van der Waals surface area contributed by atoms with E-state index < -0.39 is 25.5 Å². The van der Waals surface area contributed by atoms with Crippen LogP contribution in [0.15, 0.2) is 47.4 Å². The molecule has 1 fully saturated rings. The molecule has 1 aliphatic rings. The third-order valence-corrected chi connectivity index (χ3v) is 5.54. The summed E-state index contributed by atoms with van der Waals surface area (Å²) in [6, 6.07) is 10.3. The van der Waals surface area contributed by atoms with Crippen LogP contribution in [0.25, 0.3) is 0 Å². The van der Waals surface area contributed by atoms with Gasteiger partial charge in [0, 0.05) is 12.1 Å². The lowest BCUT2D eigenvalue weighted by Crippen LogP contribution is -2.27. The van der Waals surface area contributed by atoms with Gasteiger partial charge in [-0.25, -0.2) is 8.42 Å². The minimum absolute atomic E-state index is 0.0724. The Morgan fingerprint density at radius 2 is 1.85 bits per heavy atom. The lowest BCUT2D eigenvalue weighted by atomic mass is 10.1. The predicted octanol–water partition coefficient (Wildman–Crippen LogP) is 2.60. The summed E-state index contributed by atoms with van der Waals surface area (Å²) in [5, 5.41) is 14.0. The van der Waals surface area contributed by atoms with Crippen LogP contribution in [0.5, 0.6) is 0 Å². The number of nitrogens with one attached hydrogen (secondary N) is 2. The number of carbonyl (C=O) groups excluding carboxylic acids is 1. The SMILES string of the molecule is Cc1cccc([N+](=O)[O-])c1S(=O)(=O)Nc1ccccc1C(=O)NC1CC1. The van der Waals surface area contributed by atoms with Crippen molar-refractivity contribution in [1.82, 2.24) is 5.32 Å². The number of aryl methyl sites for hydroxylation is 1. The fourth-order valence-corrected chi connectivity index (χ4v) is 4.07. The van der Waals surface area contributed by atoms with E-state index >= 15 is 0 Å². The third kappa shape index (κ3) is 3.67. The monoisotopic (exact) mass is 375 g/mol. The molecule has 9 heteroatoms. The van der Waals surface area contributed by atoms with Crippen molar-refractivity contribution in [2.75, 3.05) is 4.72 Å².